The Bertz CT molecular complexity index is 634. The molecule has 0 N–H and O–H groups in total. The molecule has 0 aliphatic rings. The quantitative estimate of drug-likeness (QED) is 0.232. The van der Waals surface area contributed by atoms with Crippen molar-refractivity contribution in [2.75, 3.05) is 13.2 Å². The van der Waals surface area contributed by atoms with Crippen LogP contribution in [0.15, 0.2) is 24.3 Å². The molecule has 0 aromatic heterocycles. The fourth-order valence-electron chi connectivity index (χ4n) is 1.90. The molecule has 0 radical (unpaired) electrons. The zero-order valence-corrected chi connectivity index (χ0v) is 14.9. The van der Waals surface area contributed by atoms with Crippen LogP contribution in [0.3, 0.4) is 0 Å². The minimum Gasteiger partial charge on any atom is -0.623 e. The van der Waals surface area contributed by atoms with Gasteiger partial charge in [-0.3, -0.25) is 4.57 Å². The van der Waals surface area contributed by atoms with Crippen LogP contribution in [-0.4, -0.2) is 29.4 Å². The van der Waals surface area contributed by atoms with Gasteiger partial charge in [-0.25, -0.2) is 0 Å². The van der Waals surface area contributed by atoms with Crippen molar-refractivity contribution in [1.29, 1.82) is 0 Å². The number of benzene rings is 1. The lowest BCUT2D eigenvalue weighted by atomic mass is 10.1. The van der Waals surface area contributed by atoms with E-state index in [-0.39, 0.29) is 18.8 Å². The van der Waals surface area contributed by atoms with Gasteiger partial charge in [0.25, 0.3) is 5.28 Å². The van der Waals surface area contributed by atoms with Crippen LogP contribution in [0.1, 0.15) is 38.8 Å². The maximum atomic E-state index is 12.8. The fraction of sp³-hybridized carbons (Fsp3) is 0.533. The molecule has 0 saturated heterocycles. The first kappa shape index (κ1) is 20.7. The van der Waals surface area contributed by atoms with Crippen molar-refractivity contribution in [1.82, 2.24) is 0 Å². The van der Waals surface area contributed by atoms with Crippen molar-refractivity contribution in [2.24, 2.45) is 0 Å². The maximum absolute atomic E-state index is 12.8. The molecular weight excluding hydrogens is 346 g/mol. The van der Waals surface area contributed by atoms with E-state index in [1.165, 1.54) is 26.0 Å². The van der Waals surface area contributed by atoms with Gasteiger partial charge in [0.2, 0.25) is 0 Å². The molecule has 0 atom stereocenters. The summed E-state index contributed by atoms with van der Waals surface area (Å²) in [4.78, 5) is 0. The Morgan fingerprint density at radius 1 is 1.21 bits per heavy atom. The topological polar surface area (TPSA) is 61.6 Å². The zero-order valence-electron chi connectivity index (χ0n) is 14.0. The lowest BCUT2D eigenvalue weighted by Gasteiger charge is -2.30. The predicted molar refractivity (Wildman–Crippen MR) is 85.2 cm³/mol. The van der Waals surface area contributed by atoms with E-state index in [1.807, 2.05) is 0 Å². The van der Waals surface area contributed by atoms with Crippen LogP contribution < -0.4 is 0 Å². The van der Waals surface area contributed by atoms with Gasteiger partial charge < -0.3 is 14.3 Å². The van der Waals surface area contributed by atoms with Crippen LogP contribution in [0.4, 0.5) is 13.2 Å². The molecule has 0 amide bonds. The van der Waals surface area contributed by atoms with Crippen molar-refractivity contribution in [2.45, 2.75) is 39.2 Å². The molecular formula is C15H21F3NO4P. The minimum atomic E-state index is -4.51. The summed E-state index contributed by atoms with van der Waals surface area (Å²) in [6, 6.07) is 4.29. The van der Waals surface area contributed by atoms with Crippen LogP contribution in [-0.2, 0) is 19.8 Å². The van der Waals surface area contributed by atoms with Gasteiger partial charge in [0.05, 0.1) is 18.8 Å². The highest BCUT2D eigenvalue weighted by Gasteiger charge is 2.51. The maximum Gasteiger partial charge on any atom is 0.416 e. The van der Waals surface area contributed by atoms with Crippen molar-refractivity contribution in [3.63, 3.8) is 0 Å². The average Bonchev–Trinajstić information content (AvgIpc) is 2.47. The van der Waals surface area contributed by atoms with Crippen LogP contribution in [0, 0.1) is 5.21 Å². The monoisotopic (exact) mass is 367 g/mol. The van der Waals surface area contributed by atoms with Crippen LogP contribution >= 0.6 is 7.60 Å². The molecule has 0 saturated carbocycles. The normalized spacial score (nSPS) is 14.0. The molecule has 5 nitrogen and oxygen atoms in total. The lowest BCUT2D eigenvalue weighted by molar-refractivity contribution is -0.510. The molecule has 0 aliphatic heterocycles. The van der Waals surface area contributed by atoms with E-state index < -0.39 is 24.6 Å². The smallest absolute Gasteiger partial charge is 0.416 e. The van der Waals surface area contributed by atoms with Gasteiger partial charge in [-0.05, 0) is 32.0 Å². The summed E-state index contributed by atoms with van der Waals surface area (Å²) in [5.41, 5.74) is -0.840. The van der Waals surface area contributed by atoms with Gasteiger partial charge in [0.15, 0.2) is 6.21 Å². The van der Waals surface area contributed by atoms with Gasteiger partial charge in [0, 0.05) is 19.4 Å². The third-order valence-corrected chi connectivity index (χ3v) is 6.02. The Morgan fingerprint density at radius 3 is 2.21 bits per heavy atom. The van der Waals surface area contributed by atoms with Crippen LogP contribution in [0.2, 0.25) is 0 Å². The Balaban J connectivity index is 3.25. The predicted octanol–water partition coefficient (Wildman–Crippen LogP) is 4.64. The van der Waals surface area contributed by atoms with Crippen molar-refractivity contribution in [3.05, 3.63) is 40.6 Å². The van der Waals surface area contributed by atoms with Gasteiger partial charge in [-0.2, -0.15) is 17.9 Å². The first-order valence-corrected chi connectivity index (χ1v) is 8.90. The molecule has 1 aromatic rings. The van der Waals surface area contributed by atoms with Gasteiger partial charge in [-0.15, -0.1) is 0 Å². The molecule has 1 aromatic carbocycles. The zero-order chi connectivity index (χ0) is 18.6. The molecule has 0 bridgehead atoms. The van der Waals surface area contributed by atoms with Crippen LogP contribution in [0.25, 0.3) is 0 Å². The molecule has 0 heterocycles. The number of hydroxylamine groups is 1. The highest BCUT2D eigenvalue weighted by atomic mass is 31.2. The number of alkyl halides is 3. The highest BCUT2D eigenvalue weighted by Crippen LogP contribution is 2.59. The molecule has 0 aliphatic carbocycles. The van der Waals surface area contributed by atoms with E-state index in [0.29, 0.717) is 4.74 Å². The van der Waals surface area contributed by atoms with E-state index in [0.717, 1.165) is 18.3 Å². The van der Waals surface area contributed by atoms with E-state index in [4.69, 9.17) is 9.05 Å². The summed E-state index contributed by atoms with van der Waals surface area (Å²) in [6.07, 6.45) is -3.57. The first-order valence-electron chi connectivity index (χ1n) is 7.35. The minimum absolute atomic E-state index is 0.0347. The lowest BCUT2D eigenvalue weighted by Crippen LogP contribution is -2.35. The van der Waals surface area contributed by atoms with Crippen molar-refractivity contribution < 1.29 is 31.5 Å². The van der Waals surface area contributed by atoms with E-state index in [1.54, 1.807) is 13.8 Å². The number of hydrogen-bond donors (Lipinski definition) is 0. The van der Waals surface area contributed by atoms with E-state index in [2.05, 4.69) is 0 Å². The summed E-state index contributed by atoms with van der Waals surface area (Å²) in [7, 11) is -3.80. The van der Waals surface area contributed by atoms with E-state index in [9.17, 15) is 22.9 Å². The standard InChI is InChI=1S/C15H21F3NO4P/c1-5-22-24(21,23-6-2)14(3,4)19(20)11-12-8-7-9-13(10-12)15(16,17)18/h7-11H,5-6H2,1-4H3/b19-11-. The summed E-state index contributed by atoms with van der Waals surface area (Å²) in [6.45, 7) is 6.06. The largest absolute Gasteiger partial charge is 0.623 e. The Morgan fingerprint density at radius 2 is 1.75 bits per heavy atom. The summed E-state index contributed by atoms with van der Waals surface area (Å²) >= 11 is 0. The fourth-order valence-corrected chi connectivity index (χ4v) is 3.59. The Hall–Kier alpha value is -1.37. The van der Waals surface area contributed by atoms with Crippen molar-refractivity contribution >= 4 is 13.8 Å². The molecule has 1 rings (SSSR count). The second kappa shape index (κ2) is 7.68. The Labute approximate surface area is 139 Å². The summed E-state index contributed by atoms with van der Waals surface area (Å²) in [5.74, 6) is 0. The summed E-state index contributed by atoms with van der Waals surface area (Å²) < 4.78 is 61.7. The first-order chi connectivity index (χ1) is 11.0. The molecule has 0 fully saturated rings. The van der Waals surface area contributed by atoms with Crippen LogP contribution in [0.5, 0.6) is 0 Å². The number of rotatable bonds is 7. The van der Waals surface area contributed by atoms with E-state index >= 15 is 0 Å². The number of halogens is 3. The second-order valence-electron chi connectivity index (χ2n) is 5.41. The third-order valence-electron chi connectivity index (χ3n) is 3.29. The van der Waals surface area contributed by atoms with Gasteiger partial charge in [-0.1, -0.05) is 6.07 Å². The molecule has 0 unspecified atom stereocenters. The molecule has 136 valence electrons. The third kappa shape index (κ3) is 4.59. The Kier molecular flexibility index (Phi) is 6.61. The SMILES string of the molecule is CCOP(=O)(OCC)C(C)(C)/[N+]([O-])=C/c1cccc(C(F)(F)F)c1. The molecule has 0 spiro atoms. The second-order valence-corrected chi connectivity index (χ2v) is 8.01. The van der Waals surface area contributed by atoms with Crippen molar-refractivity contribution in [3.8, 4) is 0 Å². The number of hydrogen-bond acceptors (Lipinski definition) is 4. The van der Waals surface area contributed by atoms with Gasteiger partial charge >= 0.3 is 13.8 Å². The summed E-state index contributed by atoms with van der Waals surface area (Å²) in [5, 5.41) is 10.8. The molecule has 9 heteroatoms. The van der Waals surface area contributed by atoms with Gasteiger partial charge in [0.1, 0.15) is 0 Å². The average molecular weight is 367 g/mol. The molecule has 24 heavy (non-hydrogen) atoms. The number of nitrogens with zero attached hydrogens (tertiary/aromatic N) is 1. The highest BCUT2D eigenvalue weighted by molar-refractivity contribution is 7.55.